The Morgan fingerprint density at radius 1 is 0.909 bits per heavy atom. The number of rotatable bonds is 9. The van der Waals surface area contributed by atoms with Crippen molar-refractivity contribution in [2.75, 3.05) is 17.1 Å². The third-order valence-corrected chi connectivity index (χ3v) is 6.39. The van der Waals surface area contributed by atoms with E-state index in [1.807, 2.05) is 65.0 Å². The molecular formula is C25H35N3O4S. The maximum absolute atomic E-state index is 13.5. The number of hydrogen-bond acceptors (Lipinski definition) is 4. The molecule has 0 bridgehead atoms. The normalized spacial score (nSPS) is 12.4. The number of amides is 2. The van der Waals surface area contributed by atoms with E-state index in [1.165, 1.54) is 4.90 Å². The molecule has 1 unspecified atom stereocenters. The first-order valence-electron chi connectivity index (χ1n) is 11.0. The molecule has 7 nitrogen and oxygen atoms in total. The maximum Gasteiger partial charge on any atom is 0.244 e. The zero-order chi connectivity index (χ0) is 24.9. The number of hydrogen-bond donors (Lipinski definition) is 1. The van der Waals surface area contributed by atoms with Crippen molar-refractivity contribution >= 4 is 27.5 Å². The van der Waals surface area contributed by atoms with Crippen LogP contribution >= 0.6 is 0 Å². The second kappa shape index (κ2) is 10.8. The van der Waals surface area contributed by atoms with Crippen molar-refractivity contribution in [1.29, 1.82) is 0 Å². The van der Waals surface area contributed by atoms with Crippen LogP contribution in [0.25, 0.3) is 0 Å². The highest BCUT2D eigenvalue weighted by atomic mass is 32.2. The summed E-state index contributed by atoms with van der Waals surface area (Å²) in [6, 6.07) is 12.2. The summed E-state index contributed by atoms with van der Waals surface area (Å²) in [6.45, 7) is 10.9. The van der Waals surface area contributed by atoms with Crippen LogP contribution in [-0.4, -0.2) is 50.0 Å². The molecule has 0 radical (unpaired) electrons. The Bertz CT molecular complexity index is 1070. The van der Waals surface area contributed by atoms with E-state index in [-0.39, 0.29) is 18.5 Å². The number of carbonyl (C=O) groups excluding carboxylic acids is 2. The fourth-order valence-electron chi connectivity index (χ4n) is 3.59. The predicted molar refractivity (Wildman–Crippen MR) is 133 cm³/mol. The van der Waals surface area contributed by atoms with Gasteiger partial charge < -0.3 is 10.2 Å². The summed E-state index contributed by atoms with van der Waals surface area (Å²) in [5.41, 5.74) is 4.16. The molecule has 2 aromatic carbocycles. The molecule has 0 aliphatic heterocycles. The minimum Gasteiger partial charge on any atom is -0.352 e. The summed E-state index contributed by atoms with van der Waals surface area (Å²) in [6.07, 6.45) is 1.08. The Kier molecular flexibility index (Phi) is 8.66. The minimum absolute atomic E-state index is 0.0842. The van der Waals surface area contributed by atoms with Gasteiger partial charge in [0.05, 0.1) is 11.9 Å². The van der Waals surface area contributed by atoms with E-state index < -0.39 is 28.5 Å². The lowest BCUT2D eigenvalue weighted by atomic mass is 10.1. The average molecular weight is 474 g/mol. The molecule has 0 saturated heterocycles. The quantitative estimate of drug-likeness (QED) is 0.605. The number of benzene rings is 2. The molecule has 8 heteroatoms. The van der Waals surface area contributed by atoms with Crippen LogP contribution in [0.5, 0.6) is 0 Å². The topological polar surface area (TPSA) is 86.8 Å². The third kappa shape index (κ3) is 7.60. The summed E-state index contributed by atoms with van der Waals surface area (Å²) in [5, 5.41) is 2.84. The largest absolute Gasteiger partial charge is 0.352 e. The molecular weight excluding hydrogens is 438 g/mol. The monoisotopic (exact) mass is 473 g/mol. The SMILES string of the molecule is Cc1ccc(CN(C(=O)CN(c2cc(C)cc(C)c2)S(C)(=O)=O)C(C)C(=O)NC(C)C)cc1. The lowest BCUT2D eigenvalue weighted by molar-refractivity contribution is -0.139. The van der Waals surface area contributed by atoms with Gasteiger partial charge >= 0.3 is 0 Å². The molecule has 0 aliphatic rings. The van der Waals surface area contributed by atoms with E-state index in [9.17, 15) is 18.0 Å². The van der Waals surface area contributed by atoms with Crippen LogP contribution in [0.3, 0.4) is 0 Å². The van der Waals surface area contributed by atoms with Gasteiger partial charge in [0.1, 0.15) is 12.6 Å². The Hall–Kier alpha value is -2.87. The highest BCUT2D eigenvalue weighted by molar-refractivity contribution is 7.92. The zero-order valence-corrected chi connectivity index (χ0v) is 21.4. The van der Waals surface area contributed by atoms with Crippen molar-refractivity contribution in [3.63, 3.8) is 0 Å². The van der Waals surface area contributed by atoms with E-state index in [0.29, 0.717) is 5.69 Å². The Labute approximate surface area is 197 Å². The summed E-state index contributed by atoms with van der Waals surface area (Å²) in [5.74, 6) is -0.741. The van der Waals surface area contributed by atoms with Crippen molar-refractivity contribution < 1.29 is 18.0 Å². The predicted octanol–water partition coefficient (Wildman–Crippen LogP) is 3.32. The smallest absolute Gasteiger partial charge is 0.244 e. The molecule has 2 rings (SSSR count). The molecule has 2 amide bonds. The average Bonchev–Trinajstić information content (AvgIpc) is 2.68. The van der Waals surface area contributed by atoms with E-state index in [2.05, 4.69) is 5.32 Å². The fourth-order valence-corrected chi connectivity index (χ4v) is 4.42. The molecule has 1 atom stereocenters. The van der Waals surface area contributed by atoms with Crippen molar-refractivity contribution in [1.82, 2.24) is 10.2 Å². The molecule has 0 aromatic heterocycles. The third-order valence-electron chi connectivity index (χ3n) is 5.25. The van der Waals surface area contributed by atoms with Crippen molar-refractivity contribution in [3.05, 3.63) is 64.7 Å². The van der Waals surface area contributed by atoms with Crippen LogP contribution in [0.1, 0.15) is 43.0 Å². The van der Waals surface area contributed by atoms with Crippen molar-refractivity contribution in [2.24, 2.45) is 0 Å². The summed E-state index contributed by atoms with van der Waals surface area (Å²) >= 11 is 0. The van der Waals surface area contributed by atoms with Gasteiger partial charge in [-0.1, -0.05) is 35.9 Å². The molecule has 0 spiro atoms. The number of sulfonamides is 1. The number of nitrogens with one attached hydrogen (secondary N) is 1. The van der Waals surface area contributed by atoms with E-state index >= 15 is 0 Å². The van der Waals surface area contributed by atoms with Gasteiger partial charge in [-0.25, -0.2) is 8.42 Å². The number of nitrogens with zero attached hydrogens (tertiary/aromatic N) is 2. The van der Waals surface area contributed by atoms with E-state index in [1.54, 1.807) is 19.1 Å². The van der Waals surface area contributed by atoms with Gasteiger partial charge in [-0.05, 0) is 70.4 Å². The van der Waals surface area contributed by atoms with Gasteiger partial charge in [-0.3, -0.25) is 13.9 Å². The highest BCUT2D eigenvalue weighted by Gasteiger charge is 2.30. The number of aryl methyl sites for hydroxylation is 3. The highest BCUT2D eigenvalue weighted by Crippen LogP contribution is 2.22. The molecule has 0 aliphatic carbocycles. The molecule has 0 fully saturated rings. The fraction of sp³-hybridized carbons (Fsp3) is 0.440. The second-order valence-electron chi connectivity index (χ2n) is 8.96. The zero-order valence-electron chi connectivity index (χ0n) is 20.5. The first-order valence-corrected chi connectivity index (χ1v) is 12.8. The lowest BCUT2D eigenvalue weighted by Gasteiger charge is -2.32. The van der Waals surface area contributed by atoms with Crippen LogP contribution in [0.2, 0.25) is 0 Å². The second-order valence-corrected chi connectivity index (χ2v) is 10.9. The molecule has 0 saturated carbocycles. The van der Waals surface area contributed by atoms with Gasteiger partial charge in [0.2, 0.25) is 21.8 Å². The lowest BCUT2D eigenvalue weighted by Crippen LogP contribution is -2.52. The van der Waals surface area contributed by atoms with Gasteiger partial charge in [0.15, 0.2) is 0 Å². The van der Waals surface area contributed by atoms with Crippen molar-refractivity contribution in [2.45, 2.75) is 60.2 Å². The number of anilines is 1. The Balaban J connectivity index is 2.41. The Morgan fingerprint density at radius 3 is 1.94 bits per heavy atom. The molecule has 0 heterocycles. The molecule has 2 aromatic rings. The van der Waals surface area contributed by atoms with Gasteiger partial charge in [0, 0.05) is 12.6 Å². The van der Waals surface area contributed by atoms with E-state index in [0.717, 1.165) is 32.8 Å². The minimum atomic E-state index is -3.74. The summed E-state index contributed by atoms with van der Waals surface area (Å²) in [4.78, 5) is 27.7. The summed E-state index contributed by atoms with van der Waals surface area (Å²) in [7, 11) is -3.74. The van der Waals surface area contributed by atoms with Crippen LogP contribution < -0.4 is 9.62 Å². The van der Waals surface area contributed by atoms with Crippen molar-refractivity contribution in [3.8, 4) is 0 Å². The summed E-state index contributed by atoms with van der Waals surface area (Å²) < 4.78 is 26.4. The first-order chi connectivity index (χ1) is 15.3. The standard InChI is InChI=1S/C25H35N3O4S/c1-17(2)26-25(30)21(6)27(15-22-10-8-18(3)9-11-22)24(29)16-28(33(7,31)32)23-13-19(4)12-20(5)14-23/h8-14,17,21H,15-16H2,1-7H3,(H,26,30). The molecule has 180 valence electrons. The van der Waals surface area contributed by atoms with Crippen LogP contribution in [-0.2, 0) is 26.2 Å². The maximum atomic E-state index is 13.5. The van der Waals surface area contributed by atoms with Crippen LogP contribution in [0, 0.1) is 20.8 Å². The first kappa shape index (κ1) is 26.4. The van der Waals surface area contributed by atoms with Gasteiger partial charge in [0.25, 0.3) is 0 Å². The molecule has 1 N–H and O–H groups in total. The van der Waals surface area contributed by atoms with Gasteiger partial charge in [-0.2, -0.15) is 0 Å². The molecule has 33 heavy (non-hydrogen) atoms. The van der Waals surface area contributed by atoms with Crippen LogP contribution in [0.15, 0.2) is 42.5 Å². The Morgan fingerprint density at radius 2 is 1.45 bits per heavy atom. The number of carbonyl (C=O) groups is 2. The van der Waals surface area contributed by atoms with Crippen LogP contribution in [0.4, 0.5) is 5.69 Å². The van der Waals surface area contributed by atoms with Gasteiger partial charge in [-0.15, -0.1) is 0 Å². The van der Waals surface area contributed by atoms with E-state index in [4.69, 9.17) is 0 Å².